The van der Waals surface area contributed by atoms with E-state index in [0.29, 0.717) is 12.0 Å². The van der Waals surface area contributed by atoms with Crippen LogP contribution in [0, 0.1) is 0 Å². The average Bonchev–Trinajstić information content (AvgIpc) is 2.52. The smallest absolute Gasteiger partial charge is 0.240 e. The molecular weight excluding hydrogens is 292 g/mol. The second kappa shape index (κ2) is 11.5. The van der Waals surface area contributed by atoms with Gasteiger partial charge in [0.1, 0.15) is 11.5 Å². The number of rotatable bonds is 11. The Kier molecular flexibility index (Phi) is 9.52. The summed E-state index contributed by atoms with van der Waals surface area (Å²) >= 11 is 0. The van der Waals surface area contributed by atoms with Crippen molar-refractivity contribution in [2.24, 2.45) is 5.10 Å². The molecular formula is C18H28N2O3. The molecule has 0 spiro atoms. The second-order valence-corrected chi connectivity index (χ2v) is 5.76. The number of aromatic hydroxyl groups is 2. The van der Waals surface area contributed by atoms with Gasteiger partial charge in [-0.1, -0.05) is 51.9 Å². The molecule has 0 saturated carbocycles. The standard InChI is InChI=1S/C18H28N2O3/c1-2-3-4-5-6-7-8-9-10-18(23)20-19-14-15-11-12-16(21)13-17(15)22/h11-14,21-22H,2-10H2,1H3,(H,20,23)/b19-14+. The van der Waals surface area contributed by atoms with E-state index >= 15 is 0 Å². The van der Waals surface area contributed by atoms with Gasteiger partial charge in [0.15, 0.2) is 0 Å². The number of amides is 1. The first kappa shape index (κ1) is 19.0. The maximum absolute atomic E-state index is 11.6. The number of nitrogens with zero attached hydrogens (tertiary/aromatic N) is 1. The van der Waals surface area contributed by atoms with E-state index in [4.69, 9.17) is 0 Å². The van der Waals surface area contributed by atoms with E-state index in [0.717, 1.165) is 12.8 Å². The van der Waals surface area contributed by atoms with Gasteiger partial charge in [-0.15, -0.1) is 0 Å². The molecule has 0 heterocycles. The lowest BCUT2D eigenvalue weighted by molar-refractivity contribution is -0.121. The van der Waals surface area contributed by atoms with Crippen LogP contribution in [0.25, 0.3) is 0 Å². The van der Waals surface area contributed by atoms with Gasteiger partial charge in [0, 0.05) is 18.1 Å². The van der Waals surface area contributed by atoms with Crippen molar-refractivity contribution < 1.29 is 15.0 Å². The van der Waals surface area contributed by atoms with E-state index in [1.54, 1.807) is 0 Å². The Balaban J connectivity index is 2.11. The fraction of sp³-hybridized carbons (Fsp3) is 0.556. The molecule has 3 N–H and O–H groups in total. The number of phenolic OH excluding ortho intramolecular Hbond substituents is 2. The number of nitrogens with one attached hydrogen (secondary N) is 1. The summed E-state index contributed by atoms with van der Waals surface area (Å²) in [5.74, 6) is -0.213. The lowest BCUT2D eigenvalue weighted by atomic mass is 10.1. The van der Waals surface area contributed by atoms with Crippen LogP contribution in [0.3, 0.4) is 0 Å². The lowest BCUT2D eigenvalue weighted by Gasteiger charge is -2.02. The van der Waals surface area contributed by atoms with Crippen molar-refractivity contribution in [3.63, 3.8) is 0 Å². The van der Waals surface area contributed by atoms with Gasteiger partial charge in [0.2, 0.25) is 5.91 Å². The number of hydrogen-bond acceptors (Lipinski definition) is 4. The molecule has 5 nitrogen and oxygen atoms in total. The predicted molar refractivity (Wildman–Crippen MR) is 92.7 cm³/mol. The van der Waals surface area contributed by atoms with Crippen molar-refractivity contribution in [1.29, 1.82) is 0 Å². The molecule has 0 bridgehead atoms. The SMILES string of the molecule is CCCCCCCCCCC(=O)N/N=C/c1ccc(O)cc1O. The second-order valence-electron chi connectivity index (χ2n) is 5.76. The molecule has 23 heavy (non-hydrogen) atoms. The summed E-state index contributed by atoms with van der Waals surface area (Å²) in [5.41, 5.74) is 2.89. The molecule has 1 rings (SSSR count). The summed E-state index contributed by atoms with van der Waals surface area (Å²) in [4.78, 5) is 11.6. The highest BCUT2D eigenvalue weighted by Gasteiger charge is 2.01. The van der Waals surface area contributed by atoms with Gasteiger partial charge >= 0.3 is 0 Å². The van der Waals surface area contributed by atoms with Gasteiger partial charge in [-0.2, -0.15) is 5.10 Å². The van der Waals surface area contributed by atoms with Crippen molar-refractivity contribution in [2.45, 2.75) is 64.7 Å². The quantitative estimate of drug-likeness (QED) is 0.326. The van der Waals surface area contributed by atoms with E-state index in [2.05, 4.69) is 17.5 Å². The average molecular weight is 320 g/mol. The molecule has 0 saturated heterocycles. The van der Waals surface area contributed by atoms with E-state index in [1.807, 2.05) is 0 Å². The third kappa shape index (κ3) is 8.86. The molecule has 128 valence electrons. The molecule has 5 heteroatoms. The number of hydrogen-bond donors (Lipinski definition) is 3. The van der Waals surface area contributed by atoms with Gasteiger partial charge in [-0.3, -0.25) is 4.79 Å². The highest BCUT2D eigenvalue weighted by molar-refractivity contribution is 5.85. The van der Waals surface area contributed by atoms with Gasteiger partial charge in [-0.05, 0) is 18.6 Å². The zero-order valence-corrected chi connectivity index (χ0v) is 13.9. The Labute approximate surface area is 138 Å². The van der Waals surface area contributed by atoms with Crippen molar-refractivity contribution in [1.82, 2.24) is 5.43 Å². The summed E-state index contributed by atoms with van der Waals surface area (Å²) in [6, 6.07) is 4.20. The monoisotopic (exact) mass is 320 g/mol. The van der Waals surface area contributed by atoms with Crippen LogP contribution in [0.5, 0.6) is 11.5 Å². The van der Waals surface area contributed by atoms with Crippen LogP contribution >= 0.6 is 0 Å². The molecule has 0 aliphatic rings. The lowest BCUT2D eigenvalue weighted by Crippen LogP contribution is -2.16. The fourth-order valence-corrected chi connectivity index (χ4v) is 2.29. The number of unbranched alkanes of at least 4 members (excludes halogenated alkanes) is 7. The van der Waals surface area contributed by atoms with Gasteiger partial charge in [0.25, 0.3) is 0 Å². The Morgan fingerprint density at radius 2 is 1.74 bits per heavy atom. The minimum Gasteiger partial charge on any atom is -0.508 e. The zero-order valence-electron chi connectivity index (χ0n) is 13.9. The highest BCUT2D eigenvalue weighted by atomic mass is 16.3. The van der Waals surface area contributed by atoms with Crippen LogP contribution in [0.2, 0.25) is 0 Å². The fourth-order valence-electron chi connectivity index (χ4n) is 2.29. The molecule has 0 aliphatic carbocycles. The van der Waals surface area contributed by atoms with E-state index in [9.17, 15) is 15.0 Å². The molecule has 0 fully saturated rings. The first-order valence-corrected chi connectivity index (χ1v) is 8.47. The molecule has 1 aromatic carbocycles. The maximum Gasteiger partial charge on any atom is 0.240 e. The van der Waals surface area contributed by atoms with Crippen LogP contribution < -0.4 is 5.43 Å². The summed E-state index contributed by atoms with van der Waals surface area (Å²) in [6.45, 7) is 2.21. The number of carbonyl (C=O) groups is 1. The minimum atomic E-state index is -0.120. The van der Waals surface area contributed by atoms with Gasteiger partial charge < -0.3 is 10.2 Å². The predicted octanol–water partition coefficient (Wildman–Crippen LogP) is 4.08. The van der Waals surface area contributed by atoms with Gasteiger partial charge in [-0.25, -0.2) is 5.43 Å². The first-order chi connectivity index (χ1) is 11.1. The molecule has 0 aliphatic heterocycles. The molecule has 0 unspecified atom stereocenters. The number of hydrazone groups is 1. The Hall–Kier alpha value is -2.04. The highest BCUT2D eigenvalue weighted by Crippen LogP contribution is 2.20. The molecule has 1 aromatic rings. The van der Waals surface area contributed by atoms with Crippen molar-refractivity contribution >= 4 is 12.1 Å². The molecule has 0 radical (unpaired) electrons. The third-order valence-corrected chi connectivity index (χ3v) is 3.66. The molecule has 0 atom stereocenters. The number of carbonyl (C=O) groups excluding carboxylic acids is 1. The molecule has 1 amide bonds. The number of benzene rings is 1. The van der Waals surface area contributed by atoms with E-state index in [1.165, 1.54) is 62.9 Å². The van der Waals surface area contributed by atoms with Crippen molar-refractivity contribution in [2.75, 3.05) is 0 Å². The van der Waals surface area contributed by atoms with Crippen LogP contribution in [0.15, 0.2) is 23.3 Å². The van der Waals surface area contributed by atoms with Crippen LogP contribution in [-0.2, 0) is 4.79 Å². The largest absolute Gasteiger partial charge is 0.508 e. The Bertz CT molecular complexity index is 501. The van der Waals surface area contributed by atoms with E-state index in [-0.39, 0.29) is 17.4 Å². The Morgan fingerprint density at radius 3 is 2.39 bits per heavy atom. The third-order valence-electron chi connectivity index (χ3n) is 3.66. The Morgan fingerprint density at radius 1 is 1.09 bits per heavy atom. The summed E-state index contributed by atoms with van der Waals surface area (Å²) in [5, 5.41) is 22.6. The van der Waals surface area contributed by atoms with E-state index < -0.39 is 0 Å². The van der Waals surface area contributed by atoms with Crippen LogP contribution in [0.1, 0.15) is 70.3 Å². The van der Waals surface area contributed by atoms with Crippen molar-refractivity contribution in [3.8, 4) is 11.5 Å². The topological polar surface area (TPSA) is 81.9 Å². The van der Waals surface area contributed by atoms with Gasteiger partial charge in [0.05, 0.1) is 6.21 Å². The summed E-state index contributed by atoms with van der Waals surface area (Å²) < 4.78 is 0. The molecule has 0 aromatic heterocycles. The van der Waals surface area contributed by atoms with Crippen LogP contribution in [0.4, 0.5) is 0 Å². The summed E-state index contributed by atoms with van der Waals surface area (Å²) in [7, 11) is 0. The number of phenols is 2. The zero-order chi connectivity index (χ0) is 16.9. The van der Waals surface area contributed by atoms with Crippen LogP contribution in [-0.4, -0.2) is 22.3 Å². The minimum absolute atomic E-state index is 0.0154. The maximum atomic E-state index is 11.6. The normalized spacial score (nSPS) is 11.0. The summed E-state index contributed by atoms with van der Waals surface area (Å²) in [6.07, 6.45) is 11.4. The van der Waals surface area contributed by atoms with Crippen molar-refractivity contribution in [3.05, 3.63) is 23.8 Å². The first-order valence-electron chi connectivity index (χ1n) is 8.47.